The van der Waals surface area contributed by atoms with Crippen molar-refractivity contribution in [2.75, 3.05) is 4.31 Å². The molecule has 0 heterocycles. The zero-order chi connectivity index (χ0) is 15.6. The van der Waals surface area contributed by atoms with E-state index in [1.807, 2.05) is 24.3 Å². The molecule has 0 aliphatic rings. The van der Waals surface area contributed by atoms with Gasteiger partial charge in [0.1, 0.15) is 5.54 Å². The second-order valence-corrected chi connectivity index (χ2v) is 5.88. The van der Waals surface area contributed by atoms with Gasteiger partial charge in [-0.05, 0) is 36.8 Å². The second-order valence-electron chi connectivity index (χ2n) is 5.06. The minimum atomic E-state index is -2.43. The van der Waals surface area contributed by atoms with Crippen LogP contribution < -0.4 is 9.79 Å². The van der Waals surface area contributed by atoms with Gasteiger partial charge in [-0.15, -0.1) is 0 Å². The highest BCUT2D eigenvalue weighted by atomic mass is 32.2. The van der Waals surface area contributed by atoms with Crippen molar-refractivity contribution in [3.63, 3.8) is 0 Å². The Hall–Kier alpha value is -1.96. The van der Waals surface area contributed by atoms with Gasteiger partial charge < -0.3 is 0 Å². The van der Waals surface area contributed by atoms with Crippen LogP contribution >= 0.6 is 0 Å². The standard InChI is InChI=1S/C14H16N2O4S/c1-14(2,13(17)15-18)16(21(19)20)12-8-7-10-5-3-4-6-11(10)9-12/h3-9,18H,1-2H3,(H,15,17)(H,19,20). The van der Waals surface area contributed by atoms with Crippen LogP contribution in [-0.2, 0) is 16.1 Å². The summed E-state index contributed by atoms with van der Waals surface area (Å²) in [5.41, 5.74) is 0.521. The van der Waals surface area contributed by atoms with Crippen molar-refractivity contribution in [3.8, 4) is 0 Å². The van der Waals surface area contributed by atoms with Crippen LogP contribution in [0.25, 0.3) is 10.8 Å². The molecule has 0 spiro atoms. The van der Waals surface area contributed by atoms with E-state index in [9.17, 15) is 13.6 Å². The molecule has 1 atom stereocenters. The molecular formula is C14H16N2O4S. The Morgan fingerprint density at radius 2 is 1.81 bits per heavy atom. The zero-order valence-corrected chi connectivity index (χ0v) is 12.4. The quantitative estimate of drug-likeness (QED) is 0.458. The van der Waals surface area contributed by atoms with E-state index in [4.69, 9.17) is 5.21 Å². The van der Waals surface area contributed by atoms with Gasteiger partial charge in [0, 0.05) is 0 Å². The lowest BCUT2D eigenvalue weighted by Crippen LogP contribution is -2.55. The first-order valence-electron chi connectivity index (χ1n) is 6.22. The first kappa shape index (κ1) is 15.4. The fourth-order valence-electron chi connectivity index (χ4n) is 2.14. The number of fused-ring (bicyclic) bond motifs is 1. The smallest absolute Gasteiger partial charge is 0.269 e. The zero-order valence-electron chi connectivity index (χ0n) is 11.6. The van der Waals surface area contributed by atoms with Crippen molar-refractivity contribution >= 4 is 33.6 Å². The van der Waals surface area contributed by atoms with Crippen LogP contribution in [-0.4, -0.2) is 25.4 Å². The van der Waals surface area contributed by atoms with Gasteiger partial charge in [-0.2, -0.15) is 0 Å². The number of carbonyl (C=O) groups excluding carboxylic acids is 1. The number of amides is 1. The Morgan fingerprint density at radius 1 is 1.19 bits per heavy atom. The summed E-state index contributed by atoms with van der Waals surface area (Å²) in [7, 11) is 0. The van der Waals surface area contributed by atoms with E-state index in [1.165, 1.54) is 19.3 Å². The molecule has 0 aliphatic carbocycles. The minimum Gasteiger partial charge on any atom is -0.289 e. The van der Waals surface area contributed by atoms with E-state index in [-0.39, 0.29) is 0 Å². The van der Waals surface area contributed by atoms with Gasteiger partial charge >= 0.3 is 0 Å². The molecule has 112 valence electrons. The molecule has 0 saturated heterocycles. The van der Waals surface area contributed by atoms with Gasteiger partial charge in [-0.25, -0.2) is 9.69 Å². The van der Waals surface area contributed by atoms with Crippen LogP contribution in [0.3, 0.4) is 0 Å². The molecule has 2 aromatic carbocycles. The molecule has 1 amide bonds. The first-order chi connectivity index (χ1) is 9.87. The summed E-state index contributed by atoms with van der Waals surface area (Å²) in [6.45, 7) is 2.89. The van der Waals surface area contributed by atoms with Crippen LogP contribution in [0.5, 0.6) is 0 Å². The number of hydrogen-bond acceptors (Lipinski definition) is 3. The Balaban J connectivity index is 2.55. The maximum Gasteiger partial charge on any atom is 0.269 e. The van der Waals surface area contributed by atoms with Crippen LogP contribution in [0.2, 0.25) is 0 Å². The van der Waals surface area contributed by atoms with Crippen molar-refractivity contribution in [1.82, 2.24) is 5.48 Å². The largest absolute Gasteiger partial charge is 0.289 e. The van der Waals surface area contributed by atoms with E-state index in [0.29, 0.717) is 5.69 Å². The number of hydroxylamine groups is 1. The summed E-state index contributed by atoms with van der Waals surface area (Å²) in [6, 6.07) is 12.7. The second kappa shape index (κ2) is 5.80. The van der Waals surface area contributed by atoms with Gasteiger partial charge in [0.05, 0.1) is 5.69 Å². The number of anilines is 1. The van der Waals surface area contributed by atoms with Gasteiger partial charge in [0.15, 0.2) is 0 Å². The van der Waals surface area contributed by atoms with E-state index in [0.717, 1.165) is 15.1 Å². The summed E-state index contributed by atoms with van der Waals surface area (Å²) < 4.78 is 22.3. The van der Waals surface area contributed by atoms with Gasteiger partial charge in [-0.3, -0.25) is 18.9 Å². The lowest BCUT2D eigenvalue weighted by atomic mass is 10.0. The third-order valence-electron chi connectivity index (χ3n) is 3.29. The molecule has 6 nitrogen and oxygen atoms in total. The van der Waals surface area contributed by atoms with Crippen molar-refractivity contribution in [2.45, 2.75) is 19.4 Å². The van der Waals surface area contributed by atoms with Crippen molar-refractivity contribution in [2.24, 2.45) is 0 Å². The highest BCUT2D eigenvalue weighted by Gasteiger charge is 2.38. The van der Waals surface area contributed by atoms with Gasteiger partial charge in [-0.1, -0.05) is 30.3 Å². The van der Waals surface area contributed by atoms with E-state index >= 15 is 0 Å². The fourth-order valence-corrected chi connectivity index (χ4v) is 2.91. The number of nitrogens with zero attached hydrogens (tertiary/aromatic N) is 1. The topological polar surface area (TPSA) is 89.9 Å². The Labute approximate surface area is 124 Å². The normalized spacial score (nSPS) is 13.0. The molecule has 0 fully saturated rings. The molecule has 2 rings (SSSR count). The number of benzene rings is 2. The predicted molar refractivity (Wildman–Crippen MR) is 81.2 cm³/mol. The molecule has 0 aliphatic heterocycles. The maximum atomic E-state index is 11.8. The van der Waals surface area contributed by atoms with Crippen molar-refractivity contribution in [1.29, 1.82) is 0 Å². The Kier molecular flexibility index (Phi) is 4.26. The Morgan fingerprint density at radius 3 is 2.38 bits per heavy atom. The van der Waals surface area contributed by atoms with E-state index in [1.54, 1.807) is 18.2 Å². The average molecular weight is 308 g/mol. The molecule has 7 heteroatoms. The fraction of sp³-hybridized carbons (Fsp3) is 0.214. The number of carbonyl (C=O) groups is 1. The van der Waals surface area contributed by atoms with Crippen LogP contribution in [0.4, 0.5) is 5.69 Å². The lowest BCUT2D eigenvalue weighted by molar-refractivity contribution is -0.133. The molecule has 0 aromatic heterocycles. The van der Waals surface area contributed by atoms with Crippen molar-refractivity contribution < 1.29 is 18.8 Å². The maximum absolute atomic E-state index is 11.8. The van der Waals surface area contributed by atoms with Gasteiger partial charge in [0.2, 0.25) is 0 Å². The molecule has 21 heavy (non-hydrogen) atoms. The molecule has 0 radical (unpaired) electrons. The lowest BCUT2D eigenvalue weighted by Gasteiger charge is -2.34. The number of hydrogen-bond donors (Lipinski definition) is 3. The van der Waals surface area contributed by atoms with Crippen LogP contribution in [0, 0.1) is 0 Å². The summed E-state index contributed by atoms with van der Waals surface area (Å²) in [6.07, 6.45) is 0. The molecule has 1 unspecified atom stereocenters. The first-order valence-corrected chi connectivity index (χ1v) is 7.29. The highest BCUT2D eigenvalue weighted by Crippen LogP contribution is 2.29. The third kappa shape index (κ3) is 2.90. The molecule has 0 saturated carbocycles. The third-order valence-corrected chi connectivity index (χ3v) is 4.27. The van der Waals surface area contributed by atoms with E-state index in [2.05, 4.69) is 0 Å². The summed E-state index contributed by atoms with van der Waals surface area (Å²) >= 11 is -2.43. The number of rotatable bonds is 4. The summed E-state index contributed by atoms with van der Waals surface area (Å²) in [5, 5.41) is 10.7. The van der Waals surface area contributed by atoms with Crippen LogP contribution in [0.15, 0.2) is 42.5 Å². The van der Waals surface area contributed by atoms with Crippen LogP contribution in [0.1, 0.15) is 13.8 Å². The SMILES string of the molecule is CC(C)(C(=O)NO)N(c1ccc2ccccc2c1)S(=O)O. The molecule has 3 N–H and O–H groups in total. The molecular weight excluding hydrogens is 292 g/mol. The van der Waals surface area contributed by atoms with Gasteiger partial charge in [0.25, 0.3) is 17.2 Å². The highest BCUT2D eigenvalue weighted by molar-refractivity contribution is 7.80. The minimum absolute atomic E-state index is 0.406. The molecule has 2 aromatic rings. The summed E-state index contributed by atoms with van der Waals surface area (Å²) in [4.78, 5) is 11.8. The van der Waals surface area contributed by atoms with E-state index < -0.39 is 22.7 Å². The summed E-state index contributed by atoms with van der Waals surface area (Å²) in [5.74, 6) is -0.780. The number of nitrogens with one attached hydrogen (secondary N) is 1. The average Bonchev–Trinajstić information content (AvgIpc) is 2.45. The molecule has 0 bridgehead atoms. The predicted octanol–water partition coefficient (Wildman–Crippen LogP) is 2.07. The monoisotopic (exact) mass is 308 g/mol. The van der Waals surface area contributed by atoms with Crippen molar-refractivity contribution in [3.05, 3.63) is 42.5 Å². The Bertz CT molecular complexity index is 702.